The summed E-state index contributed by atoms with van der Waals surface area (Å²) in [6, 6.07) is 4.99. The predicted molar refractivity (Wildman–Crippen MR) is 110 cm³/mol. The summed E-state index contributed by atoms with van der Waals surface area (Å²) in [5.41, 5.74) is 4.45. The lowest BCUT2D eigenvalue weighted by Gasteiger charge is -2.58. The molecule has 1 N–H and O–H groups in total. The van der Waals surface area contributed by atoms with E-state index in [4.69, 9.17) is 14.6 Å². The van der Waals surface area contributed by atoms with Crippen LogP contribution in [0.25, 0.3) is 0 Å². The quantitative estimate of drug-likeness (QED) is 0.791. The first-order valence-electron chi connectivity index (χ1n) is 10.7. The van der Waals surface area contributed by atoms with E-state index >= 15 is 0 Å². The van der Waals surface area contributed by atoms with Gasteiger partial charge < -0.3 is 19.5 Å². The Bertz CT molecular complexity index is 829. The predicted octanol–water partition coefficient (Wildman–Crippen LogP) is 3.62. The number of rotatable bonds is 5. The van der Waals surface area contributed by atoms with Crippen molar-refractivity contribution < 1.29 is 14.6 Å². The molecule has 150 valence electrons. The number of hydrogen-bond acceptors (Lipinski definition) is 4. The number of aliphatic hydroxyl groups excluding tert-OH is 1. The highest BCUT2D eigenvalue weighted by Crippen LogP contribution is 2.64. The molecule has 2 aliphatic carbocycles. The van der Waals surface area contributed by atoms with E-state index in [1.807, 2.05) is 0 Å². The molecule has 2 heterocycles. The molecule has 5 rings (SSSR count). The molecular weight excluding hydrogens is 350 g/mol. The molecule has 1 spiro atoms. The molecule has 0 aromatic heterocycles. The molecule has 0 amide bonds. The maximum absolute atomic E-state index is 8.98. The van der Waals surface area contributed by atoms with Crippen LogP contribution in [0.5, 0.6) is 11.5 Å². The Morgan fingerprint density at radius 2 is 2.29 bits per heavy atom. The lowest BCUT2D eigenvalue weighted by Crippen LogP contribution is -2.63. The molecule has 4 nitrogen and oxygen atoms in total. The van der Waals surface area contributed by atoms with Crippen LogP contribution in [0.2, 0.25) is 0 Å². The second-order valence-electron chi connectivity index (χ2n) is 8.85. The minimum Gasteiger partial charge on any atom is -0.493 e. The highest BCUT2D eigenvalue weighted by Gasteiger charge is 2.64. The summed E-state index contributed by atoms with van der Waals surface area (Å²) in [7, 11) is 4.05. The topological polar surface area (TPSA) is 41.9 Å². The first-order chi connectivity index (χ1) is 13.7. The van der Waals surface area contributed by atoms with Crippen LogP contribution < -0.4 is 9.47 Å². The van der Waals surface area contributed by atoms with E-state index in [9.17, 15) is 0 Å². The fraction of sp³-hybridized carbons (Fsp3) is 0.583. The highest BCUT2D eigenvalue weighted by molar-refractivity contribution is 5.62. The van der Waals surface area contributed by atoms with E-state index in [2.05, 4.69) is 42.3 Å². The van der Waals surface area contributed by atoms with Gasteiger partial charge in [0.1, 0.15) is 6.10 Å². The number of likely N-dealkylation sites (tertiary alicyclic amines) is 1. The standard InChI is InChI=1S/C24H31NO3/c1-25-13-12-24-18-10-8-16(7-5-3-4-6-14-26)23(24)28-22-20(27-2)11-9-17(21(22)24)15-19(18)25/h3,5,7,9,11,18-19,23,26H,4,6,8,10,12-15H2,1-2H3/b5-3+,16-7-/t18-,19+,23-,24-/m0/s1. The summed E-state index contributed by atoms with van der Waals surface area (Å²) in [5, 5.41) is 8.98. The number of hydrogen-bond donors (Lipinski definition) is 1. The van der Waals surface area contributed by atoms with Gasteiger partial charge in [-0.15, -0.1) is 0 Å². The van der Waals surface area contributed by atoms with Crippen molar-refractivity contribution in [2.45, 2.75) is 56.1 Å². The van der Waals surface area contributed by atoms with Crippen molar-refractivity contribution >= 4 is 0 Å². The molecule has 4 aliphatic rings. The number of methoxy groups -OCH3 is 1. The maximum atomic E-state index is 8.98. The van der Waals surface area contributed by atoms with Gasteiger partial charge in [0, 0.05) is 23.6 Å². The Morgan fingerprint density at radius 3 is 3.11 bits per heavy atom. The molecule has 2 fully saturated rings. The van der Waals surface area contributed by atoms with Crippen LogP contribution in [-0.4, -0.2) is 49.5 Å². The third-order valence-corrected chi connectivity index (χ3v) is 7.65. The second kappa shape index (κ2) is 6.93. The number of allylic oxidation sites excluding steroid dienone is 3. The zero-order valence-electron chi connectivity index (χ0n) is 17.0. The Morgan fingerprint density at radius 1 is 1.39 bits per heavy atom. The Labute approximate surface area is 167 Å². The molecule has 1 saturated carbocycles. The van der Waals surface area contributed by atoms with Gasteiger partial charge in [-0.2, -0.15) is 0 Å². The average Bonchev–Trinajstić information content (AvgIpc) is 3.06. The lowest BCUT2D eigenvalue weighted by molar-refractivity contribution is -0.0216. The largest absolute Gasteiger partial charge is 0.493 e. The van der Waals surface area contributed by atoms with Crippen LogP contribution in [0, 0.1) is 5.92 Å². The van der Waals surface area contributed by atoms with Gasteiger partial charge in [0.2, 0.25) is 0 Å². The third-order valence-electron chi connectivity index (χ3n) is 7.65. The van der Waals surface area contributed by atoms with Crippen molar-refractivity contribution in [1.29, 1.82) is 0 Å². The van der Waals surface area contributed by atoms with Crippen molar-refractivity contribution in [2.75, 3.05) is 27.3 Å². The first-order valence-corrected chi connectivity index (χ1v) is 10.7. The Balaban J connectivity index is 1.59. The van der Waals surface area contributed by atoms with Crippen LogP contribution >= 0.6 is 0 Å². The average molecular weight is 382 g/mol. The van der Waals surface area contributed by atoms with Gasteiger partial charge in [0.15, 0.2) is 11.5 Å². The van der Waals surface area contributed by atoms with E-state index in [1.165, 1.54) is 23.1 Å². The first kappa shape index (κ1) is 18.3. The number of piperidine rings is 1. The molecule has 0 radical (unpaired) electrons. The van der Waals surface area contributed by atoms with Gasteiger partial charge in [-0.1, -0.05) is 24.3 Å². The Hall–Kier alpha value is -1.78. The number of likely N-dealkylation sites (N-methyl/N-ethyl adjacent to an activating group) is 1. The number of ether oxygens (including phenoxy) is 2. The van der Waals surface area contributed by atoms with E-state index in [-0.39, 0.29) is 18.1 Å². The van der Waals surface area contributed by atoms with Gasteiger partial charge in [0.05, 0.1) is 7.11 Å². The van der Waals surface area contributed by atoms with Gasteiger partial charge in [-0.25, -0.2) is 0 Å². The zero-order chi connectivity index (χ0) is 19.3. The van der Waals surface area contributed by atoms with Crippen LogP contribution in [0.4, 0.5) is 0 Å². The third kappa shape index (κ3) is 2.44. The molecule has 28 heavy (non-hydrogen) atoms. The van der Waals surface area contributed by atoms with E-state index in [0.29, 0.717) is 12.0 Å². The molecule has 0 unspecified atom stereocenters. The molecule has 4 atom stereocenters. The normalized spacial score (nSPS) is 34.5. The van der Waals surface area contributed by atoms with Crippen LogP contribution in [-0.2, 0) is 11.8 Å². The van der Waals surface area contributed by atoms with Gasteiger partial charge in [-0.05, 0) is 75.2 Å². The van der Waals surface area contributed by atoms with Crippen LogP contribution in [0.1, 0.15) is 43.2 Å². The minimum absolute atomic E-state index is 0.109. The van der Waals surface area contributed by atoms with Crippen LogP contribution in [0.15, 0.2) is 35.9 Å². The van der Waals surface area contributed by atoms with E-state index in [1.54, 1.807) is 7.11 Å². The van der Waals surface area contributed by atoms with E-state index in [0.717, 1.165) is 50.1 Å². The summed E-state index contributed by atoms with van der Waals surface area (Å²) >= 11 is 0. The van der Waals surface area contributed by atoms with Crippen molar-refractivity contribution in [2.24, 2.45) is 5.92 Å². The van der Waals surface area contributed by atoms with Gasteiger partial charge in [-0.3, -0.25) is 0 Å². The number of benzene rings is 1. The molecular formula is C24H31NO3. The van der Waals surface area contributed by atoms with Crippen LogP contribution in [0.3, 0.4) is 0 Å². The lowest BCUT2D eigenvalue weighted by atomic mass is 9.51. The SMILES string of the molecule is COc1ccc2c3c1O[C@H]1/C(=C\C=C\CCCO)CC[C@H]4[C@@H](C2)N(C)CC[C@]314. The summed E-state index contributed by atoms with van der Waals surface area (Å²) in [4.78, 5) is 2.58. The van der Waals surface area contributed by atoms with Crippen molar-refractivity contribution in [1.82, 2.24) is 4.90 Å². The molecule has 2 aliphatic heterocycles. The maximum Gasteiger partial charge on any atom is 0.166 e. The summed E-state index contributed by atoms with van der Waals surface area (Å²) in [6.45, 7) is 1.39. The fourth-order valence-corrected chi connectivity index (χ4v) is 6.42. The van der Waals surface area contributed by atoms with Crippen molar-refractivity contribution in [3.8, 4) is 11.5 Å². The van der Waals surface area contributed by atoms with Gasteiger partial charge in [0.25, 0.3) is 0 Å². The highest BCUT2D eigenvalue weighted by atomic mass is 16.5. The van der Waals surface area contributed by atoms with Crippen molar-refractivity contribution in [3.05, 3.63) is 47.1 Å². The van der Waals surface area contributed by atoms with E-state index < -0.39 is 0 Å². The monoisotopic (exact) mass is 381 g/mol. The molecule has 1 aromatic rings. The molecule has 1 aromatic carbocycles. The summed E-state index contributed by atoms with van der Waals surface area (Å²) < 4.78 is 12.4. The second-order valence-corrected chi connectivity index (χ2v) is 8.85. The fourth-order valence-electron chi connectivity index (χ4n) is 6.42. The Kier molecular flexibility index (Phi) is 4.52. The zero-order valence-corrected chi connectivity index (χ0v) is 17.0. The number of unbranched alkanes of at least 4 members (excludes halogenated alkanes) is 1. The summed E-state index contributed by atoms with van der Waals surface area (Å²) in [6.07, 6.45) is 13.1. The van der Waals surface area contributed by atoms with Crippen molar-refractivity contribution in [3.63, 3.8) is 0 Å². The minimum atomic E-state index is 0.109. The number of aliphatic hydroxyl groups is 1. The summed E-state index contributed by atoms with van der Waals surface area (Å²) in [5.74, 6) is 2.55. The molecule has 1 saturated heterocycles. The van der Waals surface area contributed by atoms with Gasteiger partial charge >= 0.3 is 0 Å². The molecule has 2 bridgehead atoms. The molecule has 4 heteroatoms. The number of nitrogens with zero attached hydrogens (tertiary/aromatic N) is 1. The smallest absolute Gasteiger partial charge is 0.166 e.